The minimum absolute atomic E-state index is 0.0494. The molecule has 4 fully saturated rings. The predicted molar refractivity (Wildman–Crippen MR) is 93.8 cm³/mol. The van der Waals surface area contributed by atoms with Gasteiger partial charge in [0, 0.05) is 24.5 Å². The fourth-order valence-electron chi connectivity index (χ4n) is 5.79. The van der Waals surface area contributed by atoms with Gasteiger partial charge in [0.15, 0.2) is 0 Å². The second-order valence-electron chi connectivity index (χ2n) is 8.02. The average molecular weight is 380 g/mol. The number of imide groups is 1. The van der Waals surface area contributed by atoms with Gasteiger partial charge in [-0.25, -0.2) is 9.69 Å². The van der Waals surface area contributed by atoms with Crippen LogP contribution in [0.5, 0.6) is 0 Å². The van der Waals surface area contributed by atoms with Gasteiger partial charge in [-0.15, -0.1) is 0 Å². The first-order chi connectivity index (χ1) is 13.1. The van der Waals surface area contributed by atoms with Crippen LogP contribution in [0.1, 0.15) is 32.1 Å². The number of carbonyl (C=O) groups excluding carboxylic acids is 3. The van der Waals surface area contributed by atoms with Crippen molar-refractivity contribution in [2.75, 3.05) is 46.6 Å². The third-order valence-corrected chi connectivity index (χ3v) is 6.90. The Kier molecular flexibility index (Phi) is 5.11. The van der Waals surface area contributed by atoms with E-state index in [1.54, 1.807) is 0 Å². The van der Waals surface area contributed by atoms with Crippen molar-refractivity contribution in [3.05, 3.63) is 0 Å². The Morgan fingerprint density at radius 1 is 1.07 bits per heavy atom. The van der Waals surface area contributed by atoms with E-state index in [1.807, 2.05) is 0 Å². The van der Waals surface area contributed by atoms with E-state index in [9.17, 15) is 14.4 Å². The van der Waals surface area contributed by atoms with E-state index in [4.69, 9.17) is 14.2 Å². The van der Waals surface area contributed by atoms with Crippen molar-refractivity contribution in [1.82, 2.24) is 9.80 Å². The monoisotopic (exact) mass is 380 g/mol. The van der Waals surface area contributed by atoms with Crippen molar-refractivity contribution in [2.24, 2.45) is 17.3 Å². The second-order valence-corrected chi connectivity index (χ2v) is 8.02. The Balaban J connectivity index is 1.68. The Morgan fingerprint density at radius 2 is 1.78 bits per heavy atom. The highest BCUT2D eigenvalue weighted by molar-refractivity contribution is 5.98. The molecular formula is C19H28N2O6. The van der Waals surface area contributed by atoms with E-state index < -0.39 is 17.9 Å². The minimum atomic E-state index is -0.603. The van der Waals surface area contributed by atoms with Crippen molar-refractivity contribution in [3.63, 3.8) is 0 Å². The van der Waals surface area contributed by atoms with Crippen molar-refractivity contribution in [1.29, 1.82) is 0 Å². The molecule has 2 heterocycles. The lowest BCUT2D eigenvalue weighted by Gasteiger charge is -2.64. The van der Waals surface area contributed by atoms with Crippen LogP contribution in [-0.4, -0.2) is 80.4 Å². The fourth-order valence-corrected chi connectivity index (χ4v) is 5.79. The van der Waals surface area contributed by atoms with Crippen LogP contribution in [0.2, 0.25) is 0 Å². The Bertz CT molecular complexity index is 611. The summed E-state index contributed by atoms with van der Waals surface area (Å²) in [6.07, 6.45) is 4.50. The minimum Gasteiger partial charge on any atom is -0.469 e. The van der Waals surface area contributed by atoms with E-state index >= 15 is 0 Å². The molecule has 0 unspecified atom stereocenters. The molecule has 0 N–H and O–H groups in total. The van der Waals surface area contributed by atoms with Gasteiger partial charge in [-0.3, -0.25) is 14.5 Å². The molecule has 2 saturated carbocycles. The van der Waals surface area contributed by atoms with Crippen molar-refractivity contribution >= 4 is 18.0 Å². The molecule has 0 aromatic heterocycles. The van der Waals surface area contributed by atoms with Gasteiger partial charge in [0.05, 0.1) is 38.7 Å². The number of hydrogen-bond acceptors (Lipinski definition) is 7. The maximum absolute atomic E-state index is 13.3. The number of morpholine rings is 1. The number of esters is 1. The van der Waals surface area contributed by atoms with Crippen LogP contribution in [0.15, 0.2) is 0 Å². The smallest absolute Gasteiger partial charge is 0.416 e. The van der Waals surface area contributed by atoms with Gasteiger partial charge in [-0.2, -0.15) is 0 Å². The number of ether oxygens (including phenoxy) is 3. The molecule has 27 heavy (non-hydrogen) atoms. The van der Waals surface area contributed by atoms with Gasteiger partial charge in [-0.05, 0) is 12.8 Å². The van der Waals surface area contributed by atoms with E-state index in [2.05, 4.69) is 4.90 Å². The first-order valence-electron chi connectivity index (χ1n) is 9.98. The lowest BCUT2D eigenvalue weighted by atomic mass is 9.44. The first-order valence-corrected chi connectivity index (χ1v) is 9.98. The predicted octanol–water partition coefficient (Wildman–Crippen LogP) is 1.04. The molecule has 0 aromatic rings. The van der Waals surface area contributed by atoms with Crippen molar-refractivity contribution < 1.29 is 28.6 Å². The molecule has 1 spiro atoms. The summed E-state index contributed by atoms with van der Waals surface area (Å²) in [5.41, 5.74) is -0.243. The molecule has 8 heteroatoms. The third-order valence-electron chi connectivity index (χ3n) is 6.90. The number of amides is 2. The van der Waals surface area contributed by atoms with E-state index in [0.717, 1.165) is 45.2 Å². The molecule has 0 bridgehead atoms. The summed E-state index contributed by atoms with van der Waals surface area (Å²) in [6, 6.07) is -0.0494. The maximum atomic E-state index is 13.3. The molecule has 2 aliphatic carbocycles. The quantitative estimate of drug-likeness (QED) is 0.676. The van der Waals surface area contributed by atoms with Gasteiger partial charge in [0.25, 0.3) is 0 Å². The van der Waals surface area contributed by atoms with Crippen LogP contribution in [0, 0.1) is 17.3 Å². The van der Waals surface area contributed by atoms with E-state index in [-0.39, 0.29) is 36.5 Å². The summed E-state index contributed by atoms with van der Waals surface area (Å²) in [6.45, 7) is 3.21. The van der Waals surface area contributed by atoms with Crippen molar-refractivity contribution in [2.45, 2.75) is 38.1 Å². The molecule has 2 aliphatic heterocycles. The zero-order chi connectivity index (χ0) is 19.0. The summed E-state index contributed by atoms with van der Waals surface area (Å²) >= 11 is 0. The molecule has 0 aromatic carbocycles. The first kappa shape index (κ1) is 18.7. The van der Waals surface area contributed by atoms with Gasteiger partial charge in [0.1, 0.15) is 6.61 Å². The van der Waals surface area contributed by atoms with Crippen LogP contribution in [0.25, 0.3) is 0 Å². The molecule has 4 rings (SSSR count). The van der Waals surface area contributed by atoms with E-state index in [1.165, 1.54) is 12.0 Å². The number of nitrogens with zero attached hydrogens (tertiary/aromatic N) is 2. The highest BCUT2D eigenvalue weighted by Crippen LogP contribution is 2.62. The molecule has 4 aliphatic rings. The summed E-state index contributed by atoms with van der Waals surface area (Å²) < 4.78 is 15.6. The second kappa shape index (κ2) is 7.39. The normalized spacial score (nSPS) is 33.4. The van der Waals surface area contributed by atoms with Crippen molar-refractivity contribution in [3.8, 4) is 0 Å². The average Bonchev–Trinajstić information content (AvgIpc) is 3.13. The molecule has 2 saturated heterocycles. The number of rotatable bonds is 3. The molecule has 8 nitrogen and oxygen atoms in total. The third kappa shape index (κ3) is 2.93. The number of carbonyl (C=O) groups is 3. The highest BCUT2D eigenvalue weighted by atomic mass is 16.6. The standard InChI is InChI=1S/C19H28N2O6/c1-25-17(23)14-13(16(22)21-9-12-27-18(21)24)15(20-7-10-26-11-8-20)19(14)5-3-2-4-6-19/h13-15H,2-12H2,1H3/t13-,14+,15+/m0/s1. The maximum Gasteiger partial charge on any atom is 0.416 e. The van der Waals surface area contributed by atoms with Gasteiger partial charge >= 0.3 is 12.1 Å². The molecule has 2 amide bonds. The Labute approximate surface area is 159 Å². The Morgan fingerprint density at radius 3 is 2.37 bits per heavy atom. The fraction of sp³-hybridized carbons (Fsp3) is 0.842. The topological polar surface area (TPSA) is 85.4 Å². The summed E-state index contributed by atoms with van der Waals surface area (Å²) in [4.78, 5) is 41.5. The molecule has 0 radical (unpaired) electrons. The molecular weight excluding hydrogens is 352 g/mol. The van der Waals surface area contributed by atoms with E-state index in [0.29, 0.717) is 13.2 Å². The van der Waals surface area contributed by atoms with Gasteiger partial charge < -0.3 is 14.2 Å². The highest BCUT2D eigenvalue weighted by Gasteiger charge is 2.69. The van der Waals surface area contributed by atoms with Crippen LogP contribution in [0.4, 0.5) is 4.79 Å². The SMILES string of the molecule is COC(=O)[C@H]1[C@H](C(=O)N2CCOC2=O)[C@@H](N2CCOCC2)C12CCCCC2. The summed E-state index contributed by atoms with van der Waals surface area (Å²) in [7, 11) is 1.38. The van der Waals surface area contributed by atoms with Crippen LogP contribution in [-0.2, 0) is 23.8 Å². The number of cyclic esters (lactones) is 1. The number of hydrogen-bond donors (Lipinski definition) is 0. The lowest BCUT2D eigenvalue weighted by Crippen LogP contribution is -2.74. The largest absolute Gasteiger partial charge is 0.469 e. The summed E-state index contributed by atoms with van der Waals surface area (Å²) in [5.74, 6) is -1.66. The van der Waals surface area contributed by atoms with Crippen LogP contribution >= 0.6 is 0 Å². The zero-order valence-electron chi connectivity index (χ0n) is 15.9. The summed E-state index contributed by atoms with van der Waals surface area (Å²) in [5, 5.41) is 0. The molecule has 3 atom stereocenters. The zero-order valence-corrected chi connectivity index (χ0v) is 15.9. The van der Waals surface area contributed by atoms with Crippen LogP contribution in [0.3, 0.4) is 0 Å². The number of methoxy groups -OCH3 is 1. The van der Waals surface area contributed by atoms with Gasteiger partial charge in [-0.1, -0.05) is 19.3 Å². The van der Waals surface area contributed by atoms with Crippen LogP contribution < -0.4 is 0 Å². The van der Waals surface area contributed by atoms with Gasteiger partial charge in [0.2, 0.25) is 5.91 Å². The molecule has 150 valence electrons. The Hall–Kier alpha value is -1.67. The lowest BCUT2D eigenvalue weighted by molar-refractivity contribution is -0.207.